The number of imidazole rings is 1. The van der Waals surface area contributed by atoms with Gasteiger partial charge in [-0.05, 0) is 0 Å². The Balaban J connectivity index is 0.00000208. The minimum Gasteiger partial charge on any atom is -0.424 e. The van der Waals surface area contributed by atoms with E-state index in [-0.39, 0.29) is 22.6 Å². The van der Waals surface area contributed by atoms with Crippen LogP contribution in [0, 0.1) is 0 Å². The summed E-state index contributed by atoms with van der Waals surface area (Å²) in [6.07, 6.45) is -3.76. The van der Waals surface area contributed by atoms with Gasteiger partial charge in [0.15, 0.2) is 11.2 Å². The maximum absolute atomic E-state index is 11.8. The Bertz CT molecular complexity index is 795. The number of rotatable bonds is 3. The molecule has 4 atom stereocenters. The van der Waals surface area contributed by atoms with Crippen LogP contribution in [-0.2, 0) is 10.4 Å². The lowest BCUT2D eigenvalue weighted by molar-refractivity contribution is -0.106. The molecule has 2 aromatic heterocycles. The molecule has 24 heavy (non-hydrogen) atoms. The maximum atomic E-state index is 11.8. The molecule has 0 aliphatic carbocycles. The largest absolute Gasteiger partial charge is 0.511 e. The van der Waals surface area contributed by atoms with Gasteiger partial charge in [-0.15, -0.1) is 0 Å². The van der Waals surface area contributed by atoms with Crippen molar-refractivity contribution >= 4 is 24.2 Å². The molecule has 2 aromatic rings. The van der Waals surface area contributed by atoms with Gasteiger partial charge >= 0.3 is 7.12 Å². The third-order valence-electron chi connectivity index (χ3n) is 3.82. The zero-order valence-electron chi connectivity index (χ0n) is 12.1. The number of nitrogen functional groups attached to an aromatic ring is 1. The number of nitrogens with two attached hydrogens (primary N) is 1. The molecule has 0 spiro atoms. The Morgan fingerprint density at radius 3 is 2.67 bits per heavy atom. The molecule has 10 N–H and O–H groups in total. The molecular formula is C10H16BN5O8. The Hall–Kier alpha value is -2.07. The molecule has 1 aliphatic heterocycles. The molecule has 14 heteroatoms. The zero-order chi connectivity index (χ0) is 16.9. The first-order valence-corrected chi connectivity index (χ1v) is 6.57. The number of aromatic amines is 1. The van der Waals surface area contributed by atoms with E-state index < -0.39 is 43.2 Å². The van der Waals surface area contributed by atoms with Gasteiger partial charge in [-0.1, -0.05) is 0 Å². The SMILES string of the molecule is Nc1nc2c(ncn2[C@]2(B(O)O)O[C@H](CO)[C@@H](O)[C@H]2O)c(=O)[nH]1.O. The van der Waals surface area contributed by atoms with Crippen molar-refractivity contribution in [1.29, 1.82) is 0 Å². The number of nitrogens with zero attached hydrogens (tertiary/aromatic N) is 3. The average Bonchev–Trinajstić information content (AvgIpc) is 3.01. The number of H-pyrrole nitrogens is 1. The van der Waals surface area contributed by atoms with Crippen LogP contribution in [0.4, 0.5) is 5.95 Å². The van der Waals surface area contributed by atoms with Gasteiger partial charge in [0, 0.05) is 0 Å². The highest BCUT2D eigenvalue weighted by molar-refractivity contribution is 6.44. The van der Waals surface area contributed by atoms with Crippen molar-refractivity contribution in [3.8, 4) is 0 Å². The molecule has 13 nitrogen and oxygen atoms in total. The summed E-state index contributed by atoms with van der Waals surface area (Å²) in [5, 5.41) is 48.9. The van der Waals surface area contributed by atoms with Crippen molar-refractivity contribution in [2.45, 2.75) is 23.9 Å². The van der Waals surface area contributed by atoms with Crippen molar-refractivity contribution in [2.75, 3.05) is 12.3 Å². The number of ether oxygens (including phenoxy) is 1. The van der Waals surface area contributed by atoms with Gasteiger partial charge in [-0.2, -0.15) is 4.98 Å². The molecular weight excluding hydrogens is 329 g/mol. The van der Waals surface area contributed by atoms with Crippen LogP contribution < -0.4 is 11.3 Å². The van der Waals surface area contributed by atoms with Gasteiger partial charge in [-0.25, -0.2) is 4.98 Å². The van der Waals surface area contributed by atoms with Gasteiger partial charge in [0.05, 0.1) is 12.9 Å². The summed E-state index contributed by atoms with van der Waals surface area (Å²) in [6, 6.07) is 0. The van der Waals surface area contributed by atoms with Gasteiger partial charge in [0.1, 0.15) is 18.3 Å². The Morgan fingerprint density at radius 2 is 2.12 bits per heavy atom. The van der Waals surface area contributed by atoms with Crippen LogP contribution >= 0.6 is 0 Å². The van der Waals surface area contributed by atoms with E-state index >= 15 is 0 Å². The molecule has 1 aliphatic rings. The summed E-state index contributed by atoms with van der Waals surface area (Å²) in [5.41, 5.74) is 2.08. The molecule has 0 amide bonds. The van der Waals surface area contributed by atoms with Crippen molar-refractivity contribution in [3.05, 3.63) is 16.7 Å². The lowest BCUT2D eigenvalue weighted by Crippen LogP contribution is -2.57. The number of nitrogens with one attached hydrogen (secondary N) is 1. The summed E-state index contributed by atoms with van der Waals surface area (Å²) >= 11 is 0. The van der Waals surface area contributed by atoms with Gasteiger partial charge < -0.3 is 41.3 Å². The third kappa shape index (κ3) is 2.28. The molecule has 1 saturated heterocycles. The van der Waals surface area contributed by atoms with Gasteiger partial charge in [0.25, 0.3) is 5.56 Å². The minimum atomic E-state index is -2.33. The predicted octanol–water partition coefficient (Wildman–Crippen LogP) is -5.35. The molecule has 0 unspecified atom stereocenters. The standard InChI is InChI=1S/C10H14BN5O7.H2O/c12-9-14-7-4(8(20)15-9)13-2-16(7)10(11(21)22)6(19)5(18)3(1-17)23-10;/h2-3,5-6,17-19,21-22H,1H2,(H3,12,14,15,20);1H2/t3-,5-,6-,10+;/m1./s1. The molecule has 1 fully saturated rings. The number of aromatic nitrogens is 4. The van der Waals surface area contributed by atoms with E-state index in [1.54, 1.807) is 0 Å². The van der Waals surface area contributed by atoms with Crippen molar-refractivity contribution in [2.24, 2.45) is 0 Å². The molecule has 132 valence electrons. The molecule has 3 heterocycles. The van der Waals surface area contributed by atoms with E-state index in [2.05, 4.69) is 15.0 Å². The number of hydrogen-bond donors (Lipinski definition) is 7. The highest BCUT2D eigenvalue weighted by Gasteiger charge is 2.62. The van der Waals surface area contributed by atoms with Crippen LogP contribution in [0.2, 0.25) is 0 Å². The van der Waals surface area contributed by atoms with Crippen LogP contribution in [0.3, 0.4) is 0 Å². The highest BCUT2D eigenvalue weighted by Crippen LogP contribution is 2.37. The monoisotopic (exact) mass is 345 g/mol. The van der Waals surface area contributed by atoms with Crippen molar-refractivity contribution < 1.29 is 35.6 Å². The number of hydrogen-bond acceptors (Lipinski definition) is 10. The fourth-order valence-electron chi connectivity index (χ4n) is 2.69. The topological polar surface area (TPSA) is 231 Å². The fraction of sp³-hybridized carbons (Fsp3) is 0.500. The quantitative estimate of drug-likeness (QED) is 0.261. The second-order valence-electron chi connectivity index (χ2n) is 5.14. The molecule has 0 radical (unpaired) electrons. The second-order valence-corrected chi connectivity index (χ2v) is 5.14. The maximum Gasteiger partial charge on any atom is 0.511 e. The zero-order valence-corrected chi connectivity index (χ0v) is 12.1. The summed E-state index contributed by atoms with van der Waals surface area (Å²) < 4.78 is 6.19. The van der Waals surface area contributed by atoms with E-state index in [0.29, 0.717) is 0 Å². The smallest absolute Gasteiger partial charge is 0.424 e. The average molecular weight is 345 g/mol. The summed E-state index contributed by atoms with van der Waals surface area (Å²) in [6.45, 7) is -0.685. The Labute approximate surface area is 133 Å². The van der Waals surface area contributed by atoms with Crippen LogP contribution in [-0.4, -0.2) is 82.4 Å². The Kier molecular flexibility index (Phi) is 4.64. The van der Waals surface area contributed by atoms with E-state index in [4.69, 9.17) is 10.5 Å². The van der Waals surface area contributed by atoms with E-state index in [0.717, 1.165) is 10.9 Å². The van der Waals surface area contributed by atoms with Crippen molar-refractivity contribution in [3.63, 3.8) is 0 Å². The van der Waals surface area contributed by atoms with Gasteiger partial charge in [0.2, 0.25) is 11.6 Å². The van der Waals surface area contributed by atoms with Crippen LogP contribution in [0.15, 0.2) is 11.1 Å². The number of anilines is 1. The van der Waals surface area contributed by atoms with Crippen LogP contribution in [0.25, 0.3) is 11.2 Å². The first kappa shape index (κ1) is 18.3. The second kappa shape index (κ2) is 6.10. The van der Waals surface area contributed by atoms with Crippen LogP contribution in [0.5, 0.6) is 0 Å². The highest BCUT2D eigenvalue weighted by atomic mass is 16.6. The lowest BCUT2D eigenvalue weighted by atomic mass is 9.71. The van der Waals surface area contributed by atoms with Crippen molar-refractivity contribution in [1.82, 2.24) is 19.5 Å². The molecule has 0 bridgehead atoms. The van der Waals surface area contributed by atoms with Gasteiger partial charge in [-0.3, -0.25) is 14.3 Å². The summed E-state index contributed by atoms with van der Waals surface area (Å²) in [5.74, 6) is -0.265. The predicted molar refractivity (Wildman–Crippen MR) is 78.3 cm³/mol. The number of aliphatic hydroxyl groups is 3. The number of aliphatic hydroxyl groups excluding tert-OH is 3. The lowest BCUT2D eigenvalue weighted by Gasteiger charge is -2.32. The van der Waals surface area contributed by atoms with E-state index in [9.17, 15) is 30.2 Å². The van der Waals surface area contributed by atoms with E-state index in [1.165, 1.54) is 0 Å². The summed E-state index contributed by atoms with van der Waals surface area (Å²) in [7, 11) is -2.33. The Morgan fingerprint density at radius 1 is 1.46 bits per heavy atom. The minimum absolute atomic E-state index is 0. The molecule has 0 aromatic carbocycles. The third-order valence-corrected chi connectivity index (χ3v) is 3.82. The normalized spacial score (nSPS) is 29.6. The molecule has 0 saturated carbocycles. The first-order chi connectivity index (χ1) is 10.8. The number of fused-ring (bicyclic) bond motifs is 1. The summed E-state index contributed by atoms with van der Waals surface area (Å²) in [4.78, 5) is 21.6. The fourth-order valence-corrected chi connectivity index (χ4v) is 2.69. The first-order valence-electron chi connectivity index (χ1n) is 6.57. The molecule has 3 rings (SSSR count). The van der Waals surface area contributed by atoms with E-state index in [1.807, 2.05) is 0 Å². The van der Waals surface area contributed by atoms with Crippen LogP contribution in [0.1, 0.15) is 0 Å².